The second kappa shape index (κ2) is 7.99. The number of pyridine rings is 1. The van der Waals surface area contributed by atoms with Crippen molar-refractivity contribution in [3.05, 3.63) is 48.4 Å². The molecule has 0 aliphatic carbocycles. The largest absolute Gasteiger partial charge is 0.333 e. The summed E-state index contributed by atoms with van der Waals surface area (Å²) in [5.74, 6) is 0.989. The van der Waals surface area contributed by atoms with E-state index in [0.717, 1.165) is 0 Å². The summed E-state index contributed by atoms with van der Waals surface area (Å²) in [6.07, 6.45) is 6.87. The zero-order valence-electron chi connectivity index (χ0n) is 10.8. The van der Waals surface area contributed by atoms with E-state index in [2.05, 4.69) is 20.9 Å². The molecule has 0 saturated carbocycles. The molecule has 2 amide bonds. The smallest absolute Gasteiger partial charge is 0.325 e. The highest BCUT2D eigenvalue weighted by Gasteiger charge is 2.05. The summed E-state index contributed by atoms with van der Waals surface area (Å²) in [4.78, 5) is 16.2. The van der Waals surface area contributed by atoms with E-state index in [-0.39, 0.29) is 6.03 Å². The molecule has 0 atom stereocenters. The summed E-state index contributed by atoms with van der Waals surface area (Å²) in [6, 6.07) is 4.88. The molecule has 0 fully saturated rings. The van der Waals surface area contributed by atoms with Gasteiger partial charge in [-0.15, -0.1) is 0 Å². The molecule has 6 heteroatoms. The minimum atomic E-state index is -0.387. The number of thiocarbonyl (C=S) groups is 1. The van der Waals surface area contributed by atoms with E-state index >= 15 is 0 Å². The predicted molar refractivity (Wildman–Crippen MR) is 80.7 cm³/mol. The first-order chi connectivity index (χ1) is 9.15. The summed E-state index contributed by atoms with van der Waals surface area (Å²) >= 11 is 5.06. The van der Waals surface area contributed by atoms with E-state index in [1.807, 2.05) is 13.0 Å². The van der Waals surface area contributed by atoms with Gasteiger partial charge in [0.05, 0.1) is 0 Å². The molecule has 0 bridgehead atoms. The van der Waals surface area contributed by atoms with Gasteiger partial charge < -0.3 is 5.32 Å². The molecule has 0 saturated heterocycles. The lowest BCUT2D eigenvalue weighted by molar-refractivity contribution is 0.254. The number of hydrogen-bond acceptors (Lipinski definition) is 3. The summed E-state index contributed by atoms with van der Waals surface area (Å²) in [6.45, 7) is 3.66. The number of urea groups is 1. The Hall–Kier alpha value is -2.21. The Morgan fingerprint density at radius 3 is 2.68 bits per heavy atom. The second-order valence-corrected chi connectivity index (χ2v) is 3.93. The number of nitrogens with one attached hydrogen (secondary N) is 3. The normalized spacial score (nSPS) is 11.2. The van der Waals surface area contributed by atoms with Crippen molar-refractivity contribution in [2.45, 2.75) is 13.8 Å². The molecule has 1 rings (SSSR count). The highest BCUT2D eigenvalue weighted by atomic mass is 32.1. The lowest BCUT2D eigenvalue weighted by Crippen LogP contribution is -2.36. The number of carbonyl (C=O) groups is 1. The van der Waals surface area contributed by atoms with Crippen molar-refractivity contribution >= 4 is 29.1 Å². The predicted octanol–water partition coefficient (Wildman–Crippen LogP) is 2.56. The van der Waals surface area contributed by atoms with E-state index in [1.54, 1.807) is 43.5 Å². The number of carbonyl (C=O) groups excluding carboxylic acids is 1. The van der Waals surface area contributed by atoms with Gasteiger partial charge in [0.15, 0.2) is 0 Å². The molecule has 100 valence electrons. The maximum atomic E-state index is 11.7. The summed E-state index contributed by atoms with van der Waals surface area (Å²) < 4.78 is 0. The molecule has 0 unspecified atom stereocenters. The van der Waals surface area contributed by atoms with Gasteiger partial charge in [0.25, 0.3) is 0 Å². The summed E-state index contributed by atoms with van der Waals surface area (Å²) in [7, 11) is 0. The average Bonchev–Trinajstić information content (AvgIpc) is 2.39. The Labute approximate surface area is 117 Å². The van der Waals surface area contributed by atoms with Crippen molar-refractivity contribution in [2.24, 2.45) is 0 Å². The van der Waals surface area contributed by atoms with Crippen LogP contribution in [0.4, 0.5) is 10.6 Å². The van der Waals surface area contributed by atoms with Gasteiger partial charge in [-0.05, 0) is 38.1 Å². The molecule has 1 aromatic rings. The van der Waals surface area contributed by atoms with Crippen molar-refractivity contribution < 1.29 is 4.79 Å². The van der Waals surface area contributed by atoms with Crippen molar-refractivity contribution in [1.82, 2.24) is 15.6 Å². The van der Waals surface area contributed by atoms with Gasteiger partial charge in [-0.1, -0.05) is 24.4 Å². The first-order valence-corrected chi connectivity index (χ1v) is 6.15. The molecule has 0 radical (unpaired) electrons. The van der Waals surface area contributed by atoms with Crippen molar-refractivity contribution in [3.63, 3.8) is 0 Å². The van der Waals surface area contributed by atoms with Crippen LogP contribution in [-0.2, 0) is 0 Å². The number of anilines is 1. The zero-order chi connectivity index (χ0) is 14.1. The maximum Gasteiger partial charge on any atom is 0.325 e. The molecule has 5 nitrogen and oxygen atoms in total. The average molecular weight is 276 g/mol. The minimum absolute atomic E-state index is 0.387. The minimum Gasteiger partial charge on any atom is -0.333 e. The molecule has 0 aliphatic rings. The zero-order valence-corrected chi connectivity index (χ0v) is 11.6. The topological polar surface area (TPSA) is 66.0 Å². The molecular formula is C13H16N4OS. The van der Waals surface area contributed by atoms with Crippen LogP contribution < -0.4 is 16.0 Å². The van der Waals surface area contributed by atoms with Gasteiger partial charge in [0.1, 0.15) is 16.6 Å². The SMILES string of the molecule is C/C=C\C(=S)N/C(=C\C)NC(=O)Nc1ccccn1. The number of nitrogens with zero attached hydrogens (tertiary/aromatic N) is 1. The van der Waals surface area contributed by atoms with Crippen LogP contribution in [0.5, 0.6) is 0 Å². The van der Waals surface area contributed by atoms with Crippen LogP contribution in [0.3, 0.4) is 0 Å². The molecule has 1 heterocycles. The fourth-order valence-corrected chi connectivity index (χ4v) is 1.45. The molecule has 19 heavy (non-hydrogen) atoms. The number of amides is 2. The molecular weight excluding hydrogens is 260 g/mol. The molecule has 0 aliphatic heterocycles. The second-order valence-electron chi connectivity index (χ2n) is 3.49. The number of allylic oxidation sites excluding steroid dienone is 2. The van der Waals surface area contributed by atoms with Crippen molar-refractivity contribution in [3.8, 4) is 0 Å². The molecule has 0 spiro atoms. The lowest BCUT2D eigenvalue weighted by atomic mass is 10.4. The van der Waals surface area contributed by atoms with Crippen LogP contribution >= 0.6 is 12.2 Å². The lowest BCUT2D eigenvalue weighted by Gasteiger charge is -2.11. The monoisotopic (exact) mass is 276 g/mol. The third-order valence-electron chi connectivity index (χ3n) is 2.02. The van der Waals surface area contributed by atoms with E-state index in [4.69, 9.17) is 12.2 Å². The van der Waals surface area contributed by atoms with E-state index in [9.17, 15) is 4.79 Å². The Bertz CT molecular complexity index is 497. The maximum absolute atomic E-state index is 11.7. The van der Waals surface area contributed by atoms with Gasteiger partial charge in [0.2, 0.25) is 0 Å². The Morgan fingerprint density at radius 1 is 1.32 bits per heavy atom. The van der Waals surface area contributed by atoms with Crippen LogP contribution in [0.25, 0.3) is 0 Å². The van der Waals surface area contributed by atoms with Crippen molar-refractivity contribution in [1.29, 1.82) is 0 Å². The van der Waals surface area contributed by atoms with Crippen LogP contribution in [0, 0.1) is 0 Å². The van der Waals surface area contributed by atoms with Gasteiger partial charge >= 0.3 is 6.03 Å². The quantitative estimate of drug-likeness (QED) is 0.584. The molecule has 3 N–H and O–H groups in total. The number of aromatic nitrogens is 1. The van der Waals surface area contributed by atoms with E-state index in [0.29, 0.717) is 16.6 Å². The van der Waals surface area contributed by atoms with E-state index in [1.165, 1.54) is 0 Å². The van der Waals surface area contributed by atoms with Crippen LogP contribution in [0.15, 0.2) is 48.4 Å². The number of hydrogen-bond donors (Lipinski definition) is 3. The van der Waals surface area contributed by atoms with Gasteiger partial charge in [0, 0.05) is 6.20 Å². The fraction of sp³-hybridized carbons (Fsp3) is 0.154. The van der Waals surface area contributed by atoms with Gasteiger partial charge in [-0.3, -0.25) is 10.6 Å². The number of rotatable bonds is 4. The van der Waals surface area contributed by atoms with E-state index < -0.39 is 0 Å². The Morgan fingerprint density at radius 2 is 2.11 bits per heavy atom. The summed E-state index contributed by atoms with van der Waals surface area (Å²) in [5.41, 5.74) is 0. The standard InChI is InChI=1S/C13H16N4OS/c1-3-7-12(19)15-10(4-2)16-13(18)17-11-8-5-6-9-14-11/h3-9H,1-2H3,(H,15,19)(H2,14,16,17,18)/b7-3-,10-4+. The van der Waals surface area contributed by atoms with Gasteiger partial charge in [-0.25, -0.2) is 9.78 Å². The van der Waals surface area contributed by atoms with Crippen LogP contribution in [0.1, 0.15) is 13.8 Å². The molecule has 0 aromatic carbocycles. The van der Waals surface area contributed by atoms with Gasteiger partial charge in [-0.2, -0.15) is 0 Å². The third kappa shape index (κ3) is 5.78. The van der Waals surface area contributed by atoms with Crippen molar-refractivity contribution in [2.75, 3.05) is 5.32 Å². The highest BCUT2D eigenvalue weighted by Crippen LogP contribution is 1.99. The fourth-order valence-electron chi connectivity index (χ4n) is 1.21. The first kappa shape index (κ1) is 14.8. The van der Waals surface area contributed by atoms with Crippen LogP contribution in [-0.4, -0.2) is 16.0 Å². The first-order valence-electron chi connectivity index (χ1n) is 5.74. The summed E-state index contributed by atoms with van der Waals surface area (Å²) in [5, 5.41) is 8.15. The highest BCUT2D eigenvalue weighted by molar-refractivity contribution is 7.80. The third-order valence-corrected chi connectivity index (χ3v) is 2.26. The molecule has 1 aromatic heterocycles. The Kier molecular flexibility index (Phi) is 6.25. The van der Waals surface area contributed by atoms with Crippen LogP contribution in [0.2, 0.25) is 0 Å². The Balaban J connectivity index is 2.52.